The lowest BCUT2D eigenvalue weighted by molar-refractivity contribution is -0.0294. The van der Waals surface area contributed by atoms with Crippen molar-refractivity contribution in [1.29, 1.82) is 0 Å². The predicted octanol–water partition coefficient (Wildman–Crippen LogP) is 12.1. The quantitative estimate of drug-likeness (QED) is 0.0651. The third kappa shape index (κ3) is 23.0. The molecule has 0 radical (unpaired) electrons. The van der Waals surface area contributed by atoms with Crippen LogP contribution in [0.3, 0.4) is 0 Å². The highest BCUT2D eigenvalue weighted by Crippen LogP contribution is 2.30. The molecule has 0 aliphatic heterocycles. The molecule has 3 amide bonds. The van der Waals surface area contributed by atoms with Crippen molar-refractivity contribution in [2.45, 2.75) is 200 Å². The first-order chi connectivity index (χ1) is 27.9. The number of benzene rings is 2. The van der Waals surface area contributed by atoms with Crippen molar-refractivity contribution < 1.29 is 42.9 Å². The number of rotatable bonds is 8. The van der Waals surface area contributed by atoms with Gasteiger partial charge >= 0.3 is 18.4 Å². The molecule has 13 nitrogen and oxygen atoms in total. The highest BCUT2D eigenvalue weighted by Gasteiger charge is 2.36. The number of carbonyl (C=O) groups excluding carboxylic acids is 5. The van der Waals surface area contributed by atoms with Gasteiger partial charge in [0.2, 0.25) is 0 Å². The maximum Gasteiger partial charge on any atom is 0.519 e. The van der Waals surface area contributed by atoms with Crippen LogP contribution in [0.15, 0.2) is 36.4 Å². The predicted molar refractivity (Wildman–Crippen MR) is 248 cm³/mol. The Morgan fingerprint density at radius 1 is 0.532 bits per heavy atom. The van der Waals surface area contributed by atoms with E-state index < -0.39 is 35.2 Å². The molecule has 0 aromatic heterocycles. The van der Waals surface area contributed by atoms with E-state index in [0.29, 0.717) is 11.1 Å². The summed E-state index contributed by atoms with van der Waals surface area (Å²) < 4.78 is 19.2. The Morgan fingerprint density at radius 3 is 1.16 bits per heavy atom. The summed E-state index contributed by atoms with van der Waals surface area (Å²) in [6, 6.07) is 11.5. The van der Waals surface area contributed by atoms with E-state index in [9.17, 15) is 24.0 Å². The topological polar surface area (TPSA) is 167 Å². The molecule has 13 heteroatoms. The van der Waals surface area contributed by atoms with E-state index in [0.717, 1.165) is 47.9 Å². The highest BCUT2D eigenvalue weighted by molar-refractivity contribution is 5.96. The van der Waals surface area contributed by atoms with E-state index in [1.807, 2.05) is 58.0 Å². The Morgan fingerprint density at radius 2 is 0.855 bits per heavy atom. The molecule has 2 atom stereocenters. The van der Waals surface area contributed by atoms with E-state index in [1.54, 1.807) is 62.3 Å². The van der Waals surface area contributed by atoms with Gasteiger partial charge in [0.1, 0.15) is 16.8 Å². The van der Waals surface area contributed by atoms with Crippen molar-refractivity contribution in [2.24, 2.45) is 16.7 Å². The average Bonchev–Trinajstić information content (AvgIpc) is 3.03. The Kier molecular flexibility index (Phi) is 21.9. The van der Waals surface area contributed by atoms with Crippen LogP contribution < -0.4 is 11.3 Å². The largest absolute Gasteiger partial charge is 0.519 e. The minimum absolute atomic E-state index is 0.0285. The van der Waals surface area contributed by atoms with Crippen molar-refractivity contribution in [2.75, 3.05) is 0 Å². The molecule has 0 saturated heterocycles. The monoisotopic (exact) mass is 871 g/mol. The van der Waals surface area contributed by atoms with Gasteiger partial charge in [-0.15, -0.1) is 0 Å². The molecule has 0 aliphatic carbocycles. The van der Waals surface area contributed by atoms with E-state index >= 15 is 0 Å². The lowest BCUT2D eigenvalue weighted by Gasteiger charge is -2.40. The maximum absolute atomic E-state index is 13.4. The normalized spacial score (nSPS) is 12.8. The lowest BCUT2D eigenvalue weighted by atomic mass is 9.83. The fraction of sp³-hybridized carbons (Fsp3) is 0.653. The first-order valence-corrected chi connectivity index (χ1v) is 21.6. The van der Waals surface area contributed by atoms with Crippen molar-refractivity contribution in [3.63, 3.8) is 0 Å². The number of hydrogen-bond donors (Lipinski definition) is 2. The Bertz CT molecular complexity index is 1720. The summed E-state index contributed by atoms with van der Waals surface area (Å²) in [4.78, 5) is 60.4. The van der Waals surface area contributed by atoms with E-state index in [2.05, 4.69) is 71.6 Å². The van der Waals surface area contributed by atoms with Crippen molar-refractivity contribution in [3.05, 3.63) is 69.8 Å². The molecule has 0 heterocycles. The molecule has 0 saturated carbocycles. The van der Waals surface area contributed by atoms with E-state index in [1.165, 1.54) is 10.0 Å². The van der Waals surface area contributed by atoms with Crippen LogP contribution in [-0.2, 0) is 18.9 Å². The van der Waals surface area contributed by atoms with Gasteiger partial charge < -0.3 is 18.9 Å². The van der Waals surface area contributed by atoms with Crippen LogP contribution in [0.25, 0.3) is 0 Å². The Labute approximate surface area is 374 Å². The van der Waals surface area contributed by atoms with Gasteiger partial charge in [-0.2, -0.15) is 0 Å². The number of nitrogens with one attached hydrogen (secondary N) is 1. The first-order valence-electron chi connectivity index (χ1n) is 21.6. The second kappa shape index (κ2) is 23.7. The zero-order valence-corrected chi connectivity index (χ0v) is 42.1. The molecule has 2 aromatic carbocycles. The fourth-order valence-corrected chi connectivity index (χ4v) is 6.39. The average molecular weight is 871 g/mol. The van der Waals surface area contributed by atoms with Crippen LogP contribution in [0, 0.1) is 38.5 Å². The van der Waals surface area contributed by atoms with Crippen LogP contribution in [-0.4, -0.2) is 69.1 Å². The third-order valence-corrected chi connectivity index (χ3v) is 8.72. The first kappa shape index (κ1) is 57.3. The summed E-state index contributed by atoms with van der Waals surface area (Å²) in [7, 11) is 0. The zero-order valence-electron chi connectivity index (χ0n) is 42.1. The SMILES string of the molecule is CC(C)(C)OC(=O)OC(=O)OC(C)(C)C.CCC[C@@H](N(N)C(=O)c1cc(C)cc(C)c1)C(C)(C)C.CCC[C@@H](N(NC(=O)OC(C)(C)C)C(=O)c1cc(C)cc(C)c1)C(C)(C)C. The molecule has 2 aromatic rings. The van der Waals surface area contributed by atoms with Gasteiger partial charge in [-0.25, -0.2) is 30.7 Å². The number of aryl methyl sites for hydroxylation is 4. The van der Waals surface area contributed by atoms with Gasteiger partial charge in [-0.05, 0) is 138 Å². The standard InChI is InChI=1S/C22H36N2O3.C17H28N2O.C10H18O5/c1-10-11-18(21(4,5)6)24(23-20(26)27-22(7,8)9)19(25)17-13-15(2)12-16(3)14-17;1-7-8-15(17(4,5)6)19(18)16(20)14-10-12(2)9-13(3)11-14;1-9(2,3)14-7(11)13-8(12)15-10(4,5)6/h12-14,18H,10-11H2,1-9H3,(H,23,26);9-11,15H,7-8,18H2,1-6H3;1-6H3/t18-;15-;/m11./s1. The molecule has 0 spiro atoms. The number of hydrogen-bond acceptors (Lipinski definition) is 10. The lowest BCUT2D eigenvalue weighted by Crippen LogP contribution is -2.57. The number of nitrogens with zero attached hydrogens (tertiary/aromatic N) is 2. The summed E-state index contributed by atoms with van der Waals surface area (Å²) in [5.41, 5.74) is 5.90. The van der Waals surface area contributed by atoms with Gasteiger partial charge in [0.25, 0.3) is 11.8 Å². The van der Waals surface area contributed by atoms with Crippen molar-refractivity contribution in [1.82, 2.24) is 15.4 Å². The Balaban J connectivity index is 0.000000943. The van der Waals surface area contributed by atoms with Gasteiger partial charge in [0.05, 0.1) is 12.1 Å². The Hall–Kier alpha value is -4.65. The molecule has 62 heavy (non-hydrogen) atoms. The van der Waals surface area contributed by atoms with Gasteiger partial charge in [-0.1, -0.05) is 103 Å². The molecule has 0 fully saturated rings. The van der Waals surface area contributed by atoms with E-state index in [4.69, 9.17) is 20.1 Å². The molecule has 0 bridgehead atoms. The fourth-order valence-electron chi connectivity index (χ4n) is 6.39. The van der Waals surface area contributed by atoms with Crippen LogP contribution in [0.4, 0.5) is 14.4 Å². The van der Waals surface area contributed by atoms with Crippen LogP contribution in [0.5, 0.6) is 0 Å². The number of amides is 3. The number of ether oxygens (including phenoxy) is 4. The van der Waals surface area contributed by atoms with E-state index in [-0.39, 0.29) is 34.7 Å². The molecule has 0 aliphatic rings. The summed E-state index contributed by atoms with van der Waals surface area (Å²) >= 11 is 0. The number of carbonyl (C=O) groups is 5. The molecular weight excluding hydrogens is 789 g/mol. The van der Waals surface area contributed by atoms with Gasteiger partial charge in [0.15, 0.2) is 0 Å². The number of nitrogens with two attached hydrogens (primary N) is 1. The van der Waals surface area contributed by atoms with Gasteiger partial charge in [-0.3, -0.25) is 14.6 Å². The van der Waals surface area contributed by atoms with Crippen molar-refractivity contribution in [3.8, 4) is 0 Å². The molecule has 3 N–H and O–H groups in total. The summed E-state index contributed by atoms with van der Waals surface area (Å²) in [6.07, 6.45) is 0.857. The molecule has 2 rings (SSSR count). The maximum atomic E-state index is 13.4. The molecule has 352 valence electrons. The smallest absolute Gasteiger partial charge is 0.443 e. The number of hydrazine groups is 2. The zero-order chi connectivity index (χ0) is 48.8. The minimum atomic E-state index is -1.06. The third-order valence-electron chi connectivity index (χ3n) is 8.72. The second-order valence-electron chi connectivity index (χ2n) is 21.1. The molecular formula is C49H82N4O9. The van der Waals surface area contributed by atoms with Crippen LogP contribution >= 0.6 is 0 Å². The second-order valence-corrected chi connectivity index (χ2v) is 21.1. The summed E-state index contributed by atoms with van der Waals surface area (Å²) in [6.45, 7) is 40.1. The minimum Gasteiger partial charge on any atom is -0.443 e. The van der Waals surface area contributed by atoms with Crippen molar-refractivity contribution >= 4 is 30.2 Å². The van der Waals surface area contributed by atoms with Gasteiger partial charge in [0, 0.05) is 11.1 Å². The highest BCUT2D eigenvalue weighted by atomic mass is 16.8. The van der Waals surface area contributed by atoms with Crippen LogP contribution in [0.2, 0.25) is 0 Å². The molecule has 0 unspecified atom stereocenters. The summed E-state index contributed by atoms with van der Waals surface area (Å²) in [5, 5.41) is 2.89. The van der Waals surface area contributed by atoms with Crippen LogP contribution in [0.1, 0.15) is 186 Å². The summed E-state index contributed by atoms with van der Waals surface area (Å²) in [5.74, 6) is 5.84.